The Balaban J connectivity index is 1.48. The van der Waals surface area contributed by atoms with Gasteiger partial charge in [-0.3, -0.25) is 4.79 Å². The third kappa shape index (κ3) is 5.76. The number of rotatable bonds is 6. The molecule has 0 spiro atoms. The molecule has 1 saturated heterocycles. The molecule has 34 heavy (non-hydrogen) atoms. The van der Waals surface area contributed by atoms with Crippen molar-refractivity contribution in [1.29, 1.82) is 0 Å². The van der Waals surface area contributed by atoms with Gasteiger partial charge in [0.05, 0.1) is 19.1 Å². The molecule has 2 N–H and O–H groups in total. The standard InChI is InChI=1S/C28H31N3O3/c1-20-7-6-10-22(17-20)26-16-11-23(27(32)30-24-12-14-25(34-2)15-13-24)19-31(26)28(33)29-18-21-8-4-3-5-9-21/h3-10,12-15,17,23,26H,11,16,18-19H2,1-2H3,(H,29,33)(H,30,32). The molecule has 3 aromatic rings. The lowest BCUT2D eigenvalue weighted by Crippen LogP contribution is -2.49. The topological polar surface area (TPSA) is 70.7 Å². The van der Waals surface area contributed by atoms with E-state index in [0.29, 0.717) is 25.2 Å². The lowest BCUT2D eigenvalue weighted by atomic mass is 9.88. The molecular formula is C28H31N3O3. The van der Waals surface area contributed by atoms with Gasteiger partial charge in [0, 0.05) is 18.8 Å². The maximum atomic E-state index is 13.3. The number of methoxy groups -OCH3 is 1. The lowest BCUT2D eigenvalue weighted by molar-refractivity contribution is -0.121. The highest BCUT2D eigenvalue weighted by molar-refractivity contribution is 5.93. The molecule has 3 aromatic carbocycles. The number of hydrogen-bond donors (Lipinski definition) is 2. The van der Waals surface area contributed by atoms with Crippen LogP contribution in [0.15, 0.2) is 78.9 Å². The number of urea groups is 1. The second-order valence-corrected chi connectivity index (χ2v) is 8.72. The van der Waals surface area contributed by atoms with Crippen LogP contribution in [0.25, 0.3) is 0 Å². The van der Waals surface area contributed by atoms with Gasteiger partial charge < -0.3 is 20.3 Å². The van der Waals surface area contributed by atoms with Crippen LogP contribution in [0.4, 0.5) is 10.5 Å². The van der Waals surface area contributed by atoms with Gasteiger partial charge in [-0.25, -0.2) is 4.79 Å². The van der Waals surface area contributed by atoms with E-state index in [1.54, 1.807) is 7.11 Å². The molecule has 0 radical (unpaired) electrons. The maximum absolute atomic E-state index is 13.3. The van der Waals surface area contributed by atoms with Crippen LogP contribution in [0.5, 0.6) is 5.75 Å². The molecule has 2 atom stereocenters. The first-order chi connectivity index (χ1) is 16.5. The van der Waals surface area contributed by atoms with Crippen LogP contribution in [0.1, 0.15) is 35.6 Å². The van der Waals surface area contributed by atoms with Crippen molar-refractivity contribution in [3.63, 3.8) is 0 Å². The quantitative estimate of drug-likeness (QED) is 0.527. The van der Waals surface area contributed by atoms with Gasteiger partial charge in [-0.2, -0.15) is 0 Å². The van der Waals surface area contributed by atoms with Crippen LogP contribution < -0.4 is 15.4 Å². The zero-order valence-corrected chi connectivity index (χ0v) is 19.7. The first kappa shape index (κ1) is 23.4. The summed E-state index contributed by atoms with van der Waals surface area (Å²) >= 11 is 0. The van der Waals surface area contributed by atoms with Crippen molar-refractivity contribution < 1.29 is 14.3 Å². The second kappa shape index (κ2) is 10.9. The number of piperidine rings is 1. The van der Waals surface area contributed by atoms with Crippen molar-refractivity contribution in [3.8, 4) is 5.75 Å². The fourth-order valence-corrected chi connectivity index (χ4v) is 4.43. The largest absolute Gasteiger partial charge is 0.497 e. The summed E-state index contributed by atoms with van der Waals surface area (Å²) in [6.07, 6.45) is 1.44. The average Bonchev–Trinajstić information content (AvgIpc) is 2.88. The van der Waals surface area contributed by atoms with E-state index in [-0.39, 0.29) is 23.9 Å². The Morgan fingerprint density at radius 2 is 1.74 bits per heavy atom. The van der Waals surface area contributed by atoms with Crippen LogP contribution in [0.3, 0.4) is 0 Å². The minimum absolute atomic E-state index is 0.0688. The van der Waals surface area contributed by atoms with Gasteiger partial charge in [0.25, 0.3) is 0 Å². The van der Waals surface area contributed by atoms with E-state index in [2.05, 4.69) is 35.8 Å². The smallest absolute Gasteiger partial charge is 0.318 e. The fraction of sp³-hybridized carbons (Fsp3) is 0.286. The van der Waals surface area contributed by atoms with Crippen LogP contribution in [0, 0.1) is 12.8 Å². The molecule has 1 fully saturated rings. The minimum atomic E-state index is -0.286. The van der Waals surface area contributed by atoms with Gasteiger partial charge in [-0.1, -0.05) is 60.2 Å². The first-order valence-corrected chi connectivity index (χ1v) is 11.6. The zero-order chi connectivity index (χ0) is 23.9. The summed E-state index contributed by atoms with van der Waals surface area (Å²) in [5.74, 6) is 0.372. The van der Waals surface area contributed by atoms with Crippen molar-refractivity contribution in [2.45, 2.75) is 32.4 Å². The molecule has 176 valence electrons. The molecule has 6 nitrogen and oxygen atoms in total. The summed E-state index contributed by atoms with van der Waals surface area (Å²) in [5, 5.41) is 6.04. The number of nitrogens with zero attached hydrogens (tertiary/aromatic N) is 1. The average molecular weight is 458 g/mol. The van der Waals surface area contributed by atoms with E-state index >= 15 is 0 Å². The molecule has 2 unspecified atom stereocenters. The number of aryl methyl sites for hydroxylation is 1. The number of nitrogens with one attached hydrogen (secondary N) is 2. The number of benzene rings is 3. The normalized spacial score (nSPS) is 17.6. The van der Waals surface area contributed by atoms with Crippen molar-refractivity contribution in [1.82, 2.24) is 10.2 Å². The van der Waals surface area contributed by atoms with Gasteiger partial charge in [0.2, 0.25) is 5.91 Å². The van der Waals surface area contributed by atoms with Gasteiger partial charge in [-0.15, -0.1) is 0 Å². The number of ether oxygens (including phenoxy) is 1. The predicted octanol–water partition coefficient (Wildman–Crippen LogP) is 5.31. The fourth-order valence-electron chi connectivity index (χ4n) is 4.43. The highest BCUT2D eigenvalue weighted by atomic mass is 16.5. The molecule has 1 heterocycles. The van der Waals surface area contributed by atoms with E-state index < -0.39 is 0 Å². The van der Waals surface area contributed by atoms with Crippen molar-refractivity contribution in [2.24, 2.45) is 5.92 Å². The number of carbonyl (C=O) groups is 2. The summed E-state index contributed by atoms with van der Waals surface area (Å²) in [5.41, 5.74) is 4.01. The Labute approximate surface area is 200 Å². The van der Waals surface area contributed by atoms with Crippen molar-refractivity contribution >= 4 is 17.6 Å². The molecule has 6 heteroatoms. The van der Waals surface area contributed by atoms with Gasteiger partial charge >= 0.3 is 6.03 Å². The van der Waals surface area contributed by atoms with Gasteiger partial charge in [-0.05, 0) is 55.2 Å². The Morgan fingerprint density at radius 3 is 2.44 bits per heavy atom. The number of anilines is 1. The SMILES string of the molecule is COc1ccc(NC(=O)C2CCC(c3cccc(C)c3)N(C(=O)NCc3ccccc3)C2)cc1. The van der Waals surface area contributed by atoms with E-state index in [1.165, 1.54) is 0 Å². The van der Waals surface area contributed by atoms with Crippen molar-refractivity contribution in [3.05, 3.63) is 95.6 Å². The van der Waals surface area contributed by atoms with Gasteiger partial charge in [0.1, 0.15) is 5.75 Å². The zero-order valence-electron chi connectivity index (χ0n) is 19.7. The van der Waals surface area contributed by atoms with E-state index in [4.69, 9.17) is 4.74 Å². The molecule has 4 rings (SSSR count). The maximum Gasteiger partial charge on any atom is 0.318 e. The van der Waals surface area contributed by atoms with Crippen LogP contribution >= 0.6 is 0 Å². The molecule has 0 aromatic heterocycles. The Bertz CT molecular complexity index is 1120. The van der Waals surface area contributed by atoms with E-state index in [0.717, 1.165) is 28.9 Å². The summed E-state index contributed by atoms with van der Waals surface area (Å²) in [7, 11) is 1.61. The monoisotopic (exact) mass is 457 g/mol. The second-order valence-electron chi connectivity index (χ2n) is 8.72. The van der Waals surface area contributed by atoms with Crippen LogP contribution in [-0.2, 0) is 11.3 Å². The molecule has 0 bridgehead atoms. The Hall–Kier alpha value is -3.80. The molecule has 3 amide bonds. The van der Waals surface area contributed by atoms with Crippen molar-refractivity contribution in [2.75, 3.05) is 19.0 Å². The minimum Gasteiger partial charge on any atom is -0.497 e. The van der Waals surface area contributed by atoms with E-state index in [1.807, 2.05) is 65.6 Å². The molecule has 1 aliphatic heterocycles. The Kier molecular flexibility index (Phi) is 7.48. The highest BCUT2D eigenvalue weighted by Gasteiger charge is 2.35. The Morgan fingerprint density at radius 1 is 0.971 bits per heavy atom. The summed E-state index contributed by atoms with van der Waals surface area (Å²) < 4.78 is 5.18. The first-order valence-electron chi connectivity index (χ1n) is 11.6. The number of likely N-dealkylation sites (tertiary alicyclic amines) is 1. The summed E-state index contributed by atoms with van der Waals surface area (Å²) in [6, 6.07) is 25.1. The predicted molar refractivity (Wildman–Crippen MR) is 134 cm³/mol. The van der Waals surface area contributed by atoms with Gasteiger partial charge in [0.15, 0.2) is 0 Å². The molecule has 0 aliphatic carbocycles. The third-order valence-electron chi connectivity index (χ3n) is 6.28. The molecule has 1 aliphatic rings. The van der Waals surface area contributed by atoms with E-state index in [9.17, 15) is 9.59 Å². The number of carbonyl (C=O) groups excluding carboxylic acids is 2. The number of hydrogen-bond acceptors (Lipinski definition) is 3. The summed E-state index contributed by atoms with van der Waals surface area (Å²) in [6.45, 7) is 2.86. The lowest BCUT2D eigenvalue weighted by Gasteiger charge is -2.39. The molecule has 0 saturated carbocycles. The summed E-state index contributed by atoms with van der Waals surface area (Å²) in [4.78, 5) is 28.2. The highest BCUT2D eigenvalue weighted by Crippen LogP contribution is 2.34. The molecular weight excluding hydrogens is 426 g/mol. The number of amides is 3. The van der Waals surface area contributed by atoms with Crippen LogP contribution in [0.2, 0.25) is 0 Å². The third-order valence-corrected chi connectivity index (χ3v) is 6.28. The van der Waals surface area contributed by atoms with Crippen LogP contribution in [-0.4, -0.2) is 30.5 Å².